The third kappa shape index (κ3) is 3.73. The lowest BCUT2D eigenvalue weighted by Crippen LogP contribution is -2.32. The fourth-order valence-corrected chi connectivity index (χ4v) is 3.17. The predicted octanol–water partition coefficient (Wildman–Crippen LogP) is 2.95. The van der Waals surface area contributed by atoms with Crippen LogP contribution < -0.4 is 10.6 Å². The molecule has 0 spiro atoms. The highest BCUT2D eigenvalue weighted by atomic mass is 16.5. The highest BCUT2D eigenvalue weighted by molar-refractivity contribution is 6.10. The minimum Gasteiger partial charge on any atom is -0.458 e. The van der Waals surface area contributed by atoms with Gasteiger partial charge in [0.2, 0.25) is 0 Å². The van der Waals surface area contributed by atoms with Crippen LogP contribution in [0, 0.1) is 0 Å². The first-order valence-corrected chi connectivity index (χ1v) is 8.69. The van der Waals surface area contributed by atoms with Crippen LogP contribution in [0.4, 0.5) is 10.5 Å². The number of anilines is 1. The molecular formula is C21H20N2O5. The van der Waals surface area contributed by atoms with Gasteiger partial charge in [0, 0.05) is 35.0 Å². The molecule has 1 amide bonds. The number of para-hydroxylation sites is 1. The summed E-state index contributed by atoms with van der Waals surface area (Å²) in [5.41, 5.74) is 2.21. The van der Waals surface area contributed by atoms with Crippen molar-refractivity contribution in [2.75, 3.05) is 19.0 Å². The monoisotopic (exact) mass is 380 g/mol. The molecule has 7 heteroatoms. The second-order valence-electron chi connectivity index (χ2n) is 6.11. The number of Topliss-reactive ketones (excluding diaryl/α,β-unsaturated/α-hetero) is 1. The van der Waals surface area contributed by atoms with Gasteiger partial charge in [-0.3, -0.25) is 10.1 Å². The Morgan fingerprint density at radius 3 is 2.89 bits per heavy atom. The van der Waals surface area contributed by atoms with E-state index in [1.807, 2.05) is 0 Å². The molecule has 1 atom stereocenters. The van der Waals surface area contributed by atoms with Gasteiger partial charge >= 0.3 is 12.1 Å². The number of nitrogens with one attached hydrogen (secondary N) is 2. The van der Waals surface area contributed by atoms with Crippen LogP contribution in [0.15, 0.2) is 72.0 Å². The van der Waals surface area contributed by atoms with Crippen molar-refractivity contribution in [2.45, 2.75) is 12.5 Å². The minimum absolute atomic E-state index is 0.0213. The molecule has 2 aliphatic rings. The lowest BCUT2D eigenvalue weighted by Gasteiger charge is -2.30. The van der Waals surface area contributed by atoms with Crippen LogP contribution in [0.1, 0.15) is 18.0 Å². The van der Waals surface area contributed by atoms with Gasteiger partial charge < -0.3 is 14.8 Å². The zero-order valence-corrected chi connectivity index (χ0v) is 15.4. The first-order valence-electron chi connectivity index (χ1n) is 8.69. The summed E-state index contributed by atoms with van der Waals surface area (Å²) < 4.78 is 9.92. The number of ketones is 1. The van der Waals surface area contributed by atoms with Crippen LogP contribution in [-0.4, -0.2) is 31.6 Å². The molecule has 144 valence electrons. The lowest BCUT2D eigenvalue weighted by molar-refractivity contribution is -0.138. The van der Waals surface area contributed by atoms with Crippen molar-refractivity contribution in [3.8, 4) is 0 Å². The van der Waals surface area contributed by atoms with E-state index >= 15 is 0 Å². The summed E-state index contributed by atoms with van der Waals surface area (Å²) >= 11 is 0. The topological polar surface area (TPSA) is 93.7 Å². The highest BCUT2D eigenvalue weighted by Crippen LogP contribution is 2.38. The first kappa shape index (κ1) is 19.2. The molecular weight excluding hydrogens is 360 g/mol. The van der Waals surface area contributed by atoms with Gasteiger partial charge in [-0.25, -0.2) is 9.59 Å². The quantitative estimate of drug-likeness (QED) is 0.603. The van der Waals surface area contributed by atoms with Crippen LogP contribution in [0.25, 0.3) is 0 Å². The van der Waals surface area contributed by atoms with Crippen molar-refractivity contribution in [1.29, 1.82) is 0 Å². The van der Waals surface area contributed by atoms with E-state index in [0.717, 1.165) is 0 Å². The lowest BCUT2D eigenvalue weighted by atomic mass is 9.83. The zero-order valence-electron chi connectivity index (χ0n) is 15.4. The molecule has 0 saturated carbocycles. The second-order valence-corrected chi connectivity index (χ2v) is 6.11. The summed E-state index contributed by atoms with van der Waals surface area (Å²) in [7, 11) is 1.26. The largest absolute Gasteiger partial charge is 0.458 e. The maximum atomic E-state index is 12.8. The average Bonchev–Trinajstić information content (AvgIpc) is 2.72. The SMILES string of the molecule is C=CCOC(=O)C1=C2C(=O)CC=CC2=CNC1c1ccccc1NC(=O)OC. The molecule has 1 heterocycles. The van der Waals surface area contributed by atoms with Gasteiger partial charge in [0.25, 0.3) is 0 Å². The maximum Gasteiger partial charge on any atom is 0.411 e. The Kier molecular flexibility index (Phi) is 5.74. The molecule has 1 unspecified atom stereocenters. The third-order valence-electron chi connectivity index (χ3n) is 4.38. The van der Waals surface area contributed by atoms with Crippen LogP contribution in [-0.2, 0) is 19.1 Å². The number of dihydropyridines is 1. The van der Waals surface area contributed by atoms with Crippen molar-refractivity contribution < 1.29 is 23.9 Å². The molecule has 0 aromatic heterocycles. The van der Waals surface area contributed by atoms with Crippen LogP contribution >= 0.6 is 0 Å². The number of hydrogen-bond donors (Lipinski definition) is 2. The first-order chi connectivity index (χ1) is 13.6. The Bertz CT molecular complexity index is 926. The summed E-state index contributed by atoms with van der Waals surface area (Å²) in [6.45, 7) is 3.57. The number of fused-ring (bicyclic) bond motifs is 1. The number of esters is 1. The Morgan fingerprint density at radius 1 is 1.36 bits per heavy atom. The van der Waals surface area contributed by atoms with E-state index in [1.54, 1.807) is 42.6 Å². The summed E-state index contributed by atoms with van der Waals surface area (Å²) in [6.07, 6.45) is 6.25. The number of ether oxygens (including phenoxy) is 2. The number of carbonyl (C=O) groups is 3. The van der Waals surface area contributed by atoms with Gasteiger partial charge in [-0.05, 0) is 6.07 Å². The van der Waals surface area contributed by atoms with Crippen LogP contribution in [0.2, 0.25) is 0 Å². The van der Waals surface area contributed by atoms with Gasteiger partial charge in [0.1, 0.15) is 6.61 Å². The van der Waals surface area contributed by atoms with Crippen molar-refractivity contribution in [1.82, 2.24) is 5.32 Å². The third-order valence-corrected chi connectivity index (χ3v) is 4.38. The number of rotatable bonds is 5. The summed E-state index contributed by atoms with van der Waals surface area (Å²) in [5, 5.41) is 5.78. The Morgan fingerprint density at radius 2 is 2.14 bits per heavy atom. The van der Waals surface area contributed by atoms with Crippen molar-refractivity contribution in [2.24, 2.45) is 0 Å². The standard InChI is InChI=1S/C21H20N2O5/c1-3-11-28-20(25)18-17-13(7-6-10-16(17)24)12-22-19(18)14-8-4-5-9-15(14)23-21(26)27-2/h3-9,12,19,22H,1,10-11H2,2H3,(H,23,26). The number of carbonyl (C=O) groups excluding carboxylic acids is 3. The zero-order chi connectivity index (χ0) is 20.1. The van der Waals surface area contributed by atoms with E-state index in [1.165, 1.54) is 13.2 Å². The van der Waals surface area contributed by atoms with Crippen LogP contribution in [0.3, 0.4) is 0 Å². The molecule has 1 aliphatic heterocycles. The van der Waals surface area contributed by atoms with E-state index in [0.29, 0.717) is 22.4 Å². The van der Waals surface area contributed by atoms with E-state index in [2.05, 4.69) is 21.9 Å². The van der Waals surface area contributed by atoms with E-state index in [-0.39, 0.29) is 24.4 Å². The normalized spacial score (nSPS) is 17.8. The fourth-order valence-electron chi connectivity index (χ4n) is 3.17. The van der Waals surface area contributed by atoms with Crippen molar-refractivity contribution in [3.05, 3.63) is 77.6 Å². The Labute approximate surface area is 162 Å². The van der Waals surface area contributed by atoms with Crippen molar-refractivity contribution in [3.63, 3.8) is 0 Å². The van der Waals surface area contributed by atoms with E-state index in [9.17, 15) is 14.4 Å². The fraction of sp³-hybridized carbons (Fsp3) is 0.190. The van der Waals surface area contributed by atoms with Gasteiger partial charge in [-0.15, -0.1) is 0 Å². The maximum absolute atomic E-state index is 12.8. The van der Waals surface area contributed by atoms with Crippen LogP contribution in [0.5, 0.6) is 0 Å². The molecule has 0 fully saturated rings. The number of amides is 1. The van der Waals surface area contributed by atoms with E-state index in [4.69, 9.17) is 4.74 Å². The van der Waals surface area contributed by atoms with Gasteiger partial charge in [-0.1, -0.05) is 43.0 Å². The summed E-state index contributed by atoms with van der Waals surface area (Å²) in [6, 6.07) is 6.29. The average molecular weight is 380 g/mol. The molecule has 7 nitrogen and oxygen atoms in total. The molecule has 0 radical (unpaired) electrons. The Hall–Kier alpha value is -3.61. The molecule has 1 aliphatic carbocycles. The molecule has 28 heavy (non-hydrogen) atoms. The number of allylic oxidation sites excluding steroid dienone is 4. The van der Waals surface area contributed by atoms with Gasteiger partial charge in [-0.2, -0.15) is 0 Å². The minimum atomic E-state index is -0.681. The molecule has 0 bridgehead atoms. The Balaban J connectivity index is 2.11. The predicted molar refractivity (Wildman–Crippen MR) is 103 cm³/mol. The van der Waals surface area contributed by atoms with Gasteiger partial charge in [0.15, 0.2) is 5.78 Å². The molecule has 2 N–H and O–H groups in total. The summed E-state index contributed by atoms with van der Waals surface area (Å²) in [4.78, 5) is 37.2. The molecule has 1 aromatic rings. The molecule has 3 rings (SSSR count). The number of hydrogen-bond acceptors (Lipinski definition) is 6. The van der Waals surface area contributed by atoms with E-state index < -0.39 is 18.1 Å². The second kappa shape index (κ2) is 8.39. The summed E-state index contributed by atoms with van der Waals surface area (Å²) in [5.74, 6) is -0.779. The molecule has 0 saturated heterocycles. The number of benzene rings is 1. The van der Waals surface area contributed by atoms with Gasteiger partial charge in [0.05, 0.1) is 18.7 Å². The highest BCUT2D eigenvalue weighted by Gasteiger charge is 2.35. The number of methoxy groups -OCH3 is 1. The molecule has 1 aromatic carbocycles. The van der Waals surface area contributed by atoms with Crippen molar-refractivity contribution >= 4 is 23.5 Å². The smallest absolute Gasteiger partial charge is 0.411 e.